The molecule has 0 amide bonds. The molecule has 2 aromatic rings. The Balaban J connectivity index is 1.90. The number of nitrogens with one attached hydrogen (secondary N) is 1. The highest BCUT2D eigenvalue weighted by Crippen LogP contribution is 2.48. The Morgan fingerprint density at radius 3 is 2.75 bits per heavy atom. The van der Waals surface area contributed by atoms with Gasteiger partial charge in [0.05, 0.1) is 23.7 Å². The van der Waals surface area contributed by atoms with Crippen molar-refractivity contribution in [3.8, 4) is 0 Å². The fraction of sp³-hybridized carbons (Fsp3) is 0.476. The van der Waals surface area contributed by atoms with Crippen LogP contribution < -0.4 is 16.6 Å². The first-order valence-corrected chi connectivity index (χ1v) is 10.2. The maximum absolute atomic E-state index is 12.4. The van der Waals surface area contributed by atoms with E-state index in [2.05, 4.69) is 15.3 Å². The molecule has 11 nitrogen and oxygen atoms in total. The van der Waals surface area contributed by atoms with Gasteiger partial charge in [0.1, 0.15) is 11.6 Å². The maximum Gasteiger partial charge on any atom is 0.308 e. The molecule has 4 rings (SSSR count). The molecule has 1 fully saturated rings. The molecule has 4 heterocycles. The third-order valence-electron chi connectivity index (χ3n) is 5.60. The van der Waals surface area contributed by atoms with Gasteiger partial charge in [0.15, 0.2) is 17.9 Å². The highest BCUT2D eigenvalue weighted by molar-refractivity contribution is 6.10. The van der Waals surface area contributed by atoms with E-state index in [0.717, 1.165) is 0 Å². The Morgan fingerprint density at radius 2 is 2.09 bits per heavy atom. The zero-order valence-corrected chi connectivity index (χ0v) is 18.4. The molecular weight excluding hydrogens is 418 g/mol. The standard InChI is InChI=1S/C21H25N5O6/c1-9(2)19(29)31-16-10(3)30-20(21(16,5)32-11(4)27)26-7-12-13(22)6-14(28)25-17-15(12)18(26)24-8-23-17/h6-10,16,20H,22H2,1-5H3,(H,23,24,25,28)/t10?,16-,20-,21?/m1/s1. The van der Waals surface area contributed by atoms with Crippen molar-refractivity contribution < 1.29 is 23.8 Å². The predicted octanol–water partition coefficient (Wildman–Crippen LogP) is 1.87. The summed E-state index contributed by atoms with van der Waals surface area (Å²) < 4.78 is 19.3. The first-order valence-electron chi connectivity index (χ1n) is 10.2. The third kappa shape index (κ3) is 3.38. The van der Waals surface area contributed by atoms with Crippen LogP contribution in [0.3, 0.4) is 0 Å². The second-order valence-electron chi connectivity index (χ2n) is 8.43. The summed E-state index contributed by atoms with van der Waals surface area (Å²) in [6.07, 6.45) is 0.714. The van der Waals surface area contributed by atoms with Gasteiger partial charge in [-0.15, -0.1) is 0 Å². The van der Waals surface area contributed by atoms with Crippen molar-refractivity contribution >= 4 is 46.4 Å². The van der Waals surface area contributed by atoms with Gasteiger partial charge in [-0.3, -0.25) is 14.4 Å². The zero-order chi connectivity index (χ0) is 23.4. The molecule has 2 aliphatic heterocycles. The number of hydrogen-bond donors (Lipinski definition) is 2. The molecule has 0 aromatic carbocycles. The van der Waals surface area contributed by atoms with Crippen LogP contribution in [0.15, 0.2) is 22.1 Å². The lowest BCUT2D eigenvalue weighted by Crippen LogP contribution is -2.49. The first-order chi connectivity index (χ1) is 15.0. The minimum Gasteiger partial charge on any atom is -0.455 e. The molecule has 0 saturated carbocycles. The van der Waals surface area contributed by atoms with Crippen LogP contribution in [0.1, 0.15) is 40.8 Å². The lowest BCUT2D eigenvalue weighted by Gasteiger charge is -2.35. The Bertz CT molecular complexity index is 1210. The Hall–Kier alpha value is -3.47. The molecule has 0 aliphatic carbocycles. The van der Waals surface area contributed by atoms with Crippen LogP contribution in [-0.2, 0) is 23.8 Å². The molecule has 2 aromatic heterocycles. The summed E-state index contributed by atoms with van der Waals surface area (Å²) >= 11 is 0. The number of rotatable bonds is 4. The molecule has 4 atom stereocenters. The molecule has 0 bridgehead atoms. The van der Waals surface area contributed by atoms with Gasteiger partial charge in [-0.2, -0.15) is 4.98 Å². The molecule has 11 heteroatoms. The first kappa shape index (κ1) is 21.8. The van der Waals surface area contributed by atoms with E-state index in [-0.39, 0.29) is 11.6 Å². The lowest BCUT2D eigenvalue weighted by atomic mass is 9.95. The minimum absolute atomic E-state index is 0.214. The van der Waals surface area contributed by atoms with Crippen molar-refractivity contribution in [1.82, 2.24) is 9.55 Å². The molecule has 2 unspecified atom stereocenters. The van der Waals surface area contributed by atoms with Crippen molar-refractivity contribution in [1.29, 1.82) is 0 Å². The minimum atomic E-state index is -1.37. The van der Waals surface area contributed by atoms with Crippen LogP contribution in [-0.4, -0.2) is 45.6 Å². The number of nitrogens with zero attached hydrogens (tertiary/aromatic N) is 3. The molecule has 0 spiro atoms. The second-order valence-corrected chi connectivity index (χ2v) is 8.43. The summed E-state index contributed by atoms with van der Waals surface area (Å²) in [5.74, 6) is -0.649. The molecule has 0 radical (unpaired) electrons. The van der Waals surface area contributed by atoms with E-state index < -0.39 is 41.5 Å². The predicted molar refractivity (Wildman–Crippen MR) is 117 cm³/mol. The Kier molecular flexibility index (Phi) is 5.16. The lowest BCUT2D eigenvalue weighted by molar-refractivity contribution is -0.186. The van der Waals surface area contributed by atoms with Crippen LogP contribution in [0.25, 0.3) is 10.8 Å². The van der Waals surface area contributed by atoms with E-state index in [1.165, 1.54) is 19.3 Å². The van der Waals surface area contributed by atoms with E-state index >= 15 is 0 Å². The van der Waals surface area contributed by atoms with Crippen LogP contribution in [0.5, 0.6) is 0 Å². The van der Waals surface area contributed by atoms with Crippen molar-refractivity contribution in [2.45, 2.75) is 58.7 Å². The van der Waals surface area contributed by atoms with Gasteiger partial charge in [0, 0.05) is 30.3 Å². The second kappa shape index (κ2) is 7.59. The van der Waals surface area contributed by atoms with Gasteiger partial charge in [0.25, 0.3) is 5.56 Å². The molecule has 3 N–H and O–H groups in total. The monoisotopic (exact) mass is 443 g/mol. The number of nitrogen functional groups attached to an aromatic ring is 1. The number of hydrogen-bond acceptors (Lipinski definition) is 10. The van der Waals surface area contributed by atoms with E-state index in [4.69, 9.17) is 19.9 Å². The number of carbonyl (C=O) groups excluding carboxylic acids is 2. The highest BCUT2D eigenvalue weighted by atomic mass is 16.7. The molecule has 2 aliphatic rings. The van der Waals surface area contributed by atoms with Crippen molar-refractivity contribution in [2.75, 3.05) is 11.1 Å². The largest absolute Gasteiger partial charge is 0.455 e. The van der Waals surface area contributed by atoms with Crippen LogP contribution in [0, 0.1) is 5.92 Å². The zero-order valence-electron chi connectivity index (χ0n) is 18.4. The van der Waals surface area contributed by atoms with E-state index in [1.807, 2.05) is 0 Å². The van der Waals surface area contributed by atoms with Crippen molar-refractivity contribution in [3.63, 3.8) is 0 Å². The number of carbonyl (C=O) groups is 2. The molecular formula is C21H25N5O6. The summed E-state index contributed by atoms with van der Waals surface area (Å²) in [5, 5.41) is 3.91. The van der Waals surface area contributed by atoms with Gasteiger partial charge in [-0.1, -0.05) is 13.8 Å². The smallest absolute Gasteiger partial charge is 0.308 e. The van der Waals surface area contributed by atoms with Gasteiger partial charge in [0.2, 0.25) is 0 Å². The number of ether oxygens (including phenoxy) is 3. The maximum atomic E-state index is 12.4. The molecule has 32 heavy (non-hydrogen) atoms. The van der Waals surface area contributed by atoms with Gasteiger partial charge >= 0.3 is 11.9 Å². The van der Waals surface area contributed by atoms with Gasteiger partial charge in [-0.05, 0) is 13.8 Å². The van der Waals surface area contributed by atoms with E-state index in [0.29, 0.717) is 22.4 Å². The topological polar surface area (TPSA) is 147 Å². The van der Waals surface area contributed by atoms with Crippen LogP contribution >= 0.6 is 0 Å². The van der Waals surface area contributed by atoms with Crippen molar-refractivity contribution in [2.24, 2.45) is 10.9 Å². The SMILES string of the molecule is CC(=O)OC1(C)[C@H](OC(=O)C(C)C)C(C)O[C@H]1n1cc2c(N)cc(=O)nc3c2c1N=CN3. The number of nitrogens with two attached hydrogens (primary N) is 1. The summed E-state index contributed by atoms with van der Waals surface area (Å²) in [5.41, 5.74) is 4.49. The average Bonchev–Trinajstić information content (AvgIpc) is 3.14. The van der Waals surface area contributed by atoms with E-state index in [9.17, 15) is 14.4 Å². The summed E-state index contributed by atoms with van der Waals surface area (Å²) in [7, 11) is 0. The summed E-state index contributed by atoms with van der Waals surface area (Å²) in [4.78, 5) is 44.9. The fourth-order valence-corrected chi connectivity index (χ4v) is 4.20. The van der Waals surface area contributed by atoms with Gasteiger partial charge < -0.3 is 29.8 Å². The third-order valence-corrected chi connectivity index (χ3v) is 5.60. The number of esters is 2. The molecule has 1 saturated heterocycles. The quantitative estimate of drug-likeness (QED) is 0.676. The summed E-state index contributed by atoms with van der Waals surface area (Å²) in [6.45, 7) is 8.11. The normalized spacial score (nSPS) is 26.2. The van der Waals surface area contributed by atoms with E-state index in [1.54, 1.807) is 38.5 Å². The fourth-order valence-electron chi connectivity index (χ4n) is 4.20. The van der Waals surface area contributed by atoms with Crippen molar-refractivity contribution in [3.05, 3.63) is 22.6 Å². The number of aromatic nitrogens is 2. The Labute approximate surface area is 183 Å². The summed E-state index contributed by atoms with van der Waals surface area (Å²) in [6, 6.07) is 1.23. The van der Waals surface area contributed by atoms with Crippen LogP contribution in [0.4, 0.5) is 17.3 Å². The number of aliphatic imine (C=N–C) groups is 1. The highest BCUT2D eigenvalue weighted by Gasteiger charge is 2.58. The van der Waals surface area contributed by atoms with Gasteiger partial charge in [-0.25, -0.2) is 4.99 Å². The number of anilines is 2. The average molecular weight is 443 g/mol. The Morgan fingerprint density at radius 1 is 1.38 bits per heavy atom. The molecule has 170 valence electrons. The van der Waals surface area contributed by atoms with Crippen LogP contribution in [0.2, 0.25) is 0 Å².